The zero-order valence-electron chi connectivity index (χ0n) is 12.1. The minimum Gasteiger partial charge on any atom is -0.392 e. The molecule has 4 nitrogen and oxygen atoms in total. The minimum atomic E-state index is -0.548. The van der Waals surface area contributed by atoms with Crippen LogP contribution in [0, 0.1) is 5.82 Å². The topological polar surface area (TPSA) is 43.8 Å². The third-order valence-corrected chi connectivity index (χ3v) is 3.99. The average Bonchev–Trinajstić information content (AvgIpc) is 2.49. The highest BCUT2D eigenvalue weighted by molar-refractivity contribution is 6.31. The molecule has 1 saturated heterocycles. The molecule has 2 rings (SSSR count). The van der Waals surface area contributed by atoms with Gasteiger partial charge >= 0.3 is 0 Å². The van der Waals surface area contributed by atoms with Gasteiger partial charge in [-0.3, -0.25) is 9.69 Å². The lowest BCUT2D eigenvalue weighted by molar-refractivity contribution is 0.0520. The molecule has 1 amide bonds. The van der Waals surface area contributed by atoms with Gasteiger partial charge in [-0.15, -0.1) is 0 Å². The molecule has 1 N–H and O–H groups in total. The van der Waals surface area contributed by atoms with Gasteiger partial charge in [-0.2, -0.15) is 0 Å². The molecule has 0 spiro atoms. The summed E-state index contributed by atoms with van der Waals surface area (Å²) in [5.41, 5.74) is 0.0181. The number of hydrogen-bond acceptors (Lipinski definition) is 3. The lowest BCUT2D eigenvalue weighted by atomic mass is 10.1. The van der Waals surface area contributed by atoms with Gasteiger partial charge in [-0.05, 0) is 24.6 Å². The van der Waals surface area contributed by atoms with Crippen LogP contribution in [0.25, 0.3) is 0 Å². The molecular weight excluding hydrogens is 295 g/mol. The van der Waals surface area contributed by atoms with Gasteiger partial charge in [0.2, 0.25) is 0 Å². The molecule has 21 heavy (non-hydrogen) atoms. The maximum atomic E-state index is 13.7. The van der Waals surface area contributed by atoms with Gasteiger partial charge < -0.3 is 10.0 Å². The quantitative estimate of drug-likeness (QED) is 0.924. The molecular formula is C15H20ClFN2O2. The Morgan fingerprint density at radius 2 is 2.05 bits per heavy atom. The number of hydrogen-bond donors (Lipinski definition) is 1. The second kappa shape index (κ2) is 7.20. The Bertz CT molecular complexity index is 504. The van der Waals surface area contributed by atoms with Crippen LogP contribution in [0.1, 0.15) is 23.7 Å². The zero-order valence-corrected chi connectivity index (χ0v) is 12.8. The van der Waals surface area contributed by atoms with Crippen LogP contribution in [0.5, 0.6) is 0 Å². The molecule has 0 aromatic heterocycles. The third-order valence-electron chi connectivity index (χ3n) is 3.76. The molecule has 1 atom stereocenters. The summed E-state index contributed by atoms with van der Waals surface area (Å²) in [5, 5.41) is 10.00. The number of piperazine rings is 1. The van der Waals surface area contributed by atoms with Crippen molar-refractivity contribution >= 4 is 17.5 Å². The van der Waals surface area contributed by atoms with Crippen LogP contribution in [0.4, 0.5) is 4.39 Å². The molecule has 116 valence electrons. The molecule has 0 radical (unpaired) electrons. The Kier molecular flexibility index (Phi) is 5.56. The molecule has 1 aromatic rings. The summed E-state index contributed by atoms with van der Waals surface area (Å²) in [4.78, 5) is 16.1. The smallest absolute Gasteiger partial charge is 0.256 e. The van der Waals surface area contributed by atoms with Crippen molar-refractivity contribution in [3.05, 3.63) is 34.6 Å². The number of nitrogens with zero attached hydrogens (tertiary/aromatic N) is 2. The second-order valence-corrected chi connectivity index (χ2v) is 5.72. The maximum absolute atomic E-state index is 13.7. The van der Waals surface area contributed by atoms with Crippen LogP contribution >= 0.6 is 11.6 Å². The molecule has 1 heterocycles. The van der Waals surface area contributed by atoms with Gasteiger partial charge in [0, 0.05) is 37.7 Å². The summed E-state index contributed by atoms with van der Waals surface area (Å²) in [6.45, 7) is 4.98. The van der Waals surface area contributed by atoms with Crippen molar-refractivity contribution in [2.24, 2.45) is 0 Å². The Hall–Kier alpha value is -1.17. The van der Waals surface area contributed by atoms with E-state index in [0.717, 1.165) is 0 Å². The van der Waals surface area contributed by atoms with Gasteiger partial charge in [0.25, 0.3) is 5.91 Å². The predicted molar refractivity (Wildman–Crippen MR) is 80.1 cm³/mol. The van der Waals surface area contributed by atoms with Crippen LogP contribution in [0.3, 0.4) is 0 Å². The monoisotopic (exact) mass is 314 g/mol. The van der Waals surface area contributed by atoms with E-state index in [4.69, 9.17) is 11.6 Å². The maximum Gasteiger partial charge on any atom is 0.256 e. The van der Waals surface area contributed by atoms with E-state index in [0.29, 0.717) is 44.2 Å². The molecule has 6 heteroatoms. The second-order valence-electron chi connectivity index (χ2n) is 5.28. The van der Waals surface area contributed by atoms with Gasteiger partial charge in [0.1, 0.15) is 5.82 Å². The lowest BCUT2D eigenvalue weighted by Gasteiger charge is -2.35. The summed E-state index contributed by atoms with van der Waals surface area (Å²) in [7, 11) is 0. The Labute approximate surface area is 129 Å². The van der Waals surface area contributed by atoms with E-state index >= 15 is 0 Å². The Morgan fingerprint density at radius 3 is 2.67 bits per heavy atom. The highest BCUT2D eigenvalue weighted by Crippen LogP contribution is 2.17. The third kappa shape index (κ3) is 4.15. The first kappa shape index (κ1) is 16.2. The van der Waals surface area contributed by atoms with Gasteiger partial charge in [-0.25, -0.2) is 4.39 Å². The van der Waals surface area contributed by atoms with Gasteiger partial charge in [0.05, 0.1) is 11.7 Å². The summed E-state index contributed by atoms with van der Waals surface area (Å²) in [6.07, 6.45) is 0.380. The van der Waals surface area contributed by atoms with Gasteiger partial charge in [0.15, 0.2) is 0 Å². The molecule has 0 saturated carbocycles. The number of rotatable bonds is 4. The first-order valence-corrected chi connectivity index (χ1v) is 7.53. The Balaban J connectivity index is 1.95. The van der Waals surface area contributed by atoms with Crippen LogP contribution in [-0.2, 0) is 0 Å². The highest BCUT2D eigenvalue weighted by atomic mass is 35.5. The summed E-state index contributed by atoms with van der Waals surface area (Å²) >= 11 is 5.82. The number of halogens is 2. The fourth-order valence-corrected chi connectivity index (χ4v) is 2.56. The summed E-state index contributed by atoms with van der Waals surface area (Å²) in [5.74, 6) is -0.876. The fourth-order valence-electron chi connectivity index (χ4n) is 2.39. The number of carbonyl (C=O) groups excluding carboxylic acids is 1. The van der Waals surface area contributed by atoms with E-state index in [1.807, 2.05) is 6.92 Å². The Morgan fingerprint density at radius 1 is 1.38 bits per heavy atom. The van der Waals surface area contributed by atoms with Crippen LogP contribution < -0.4 is 0 Å². The molecule has 0 unspecified atom stereocenters. The lowest BCUT2D eigenvalue weighted by Crippen LogP contribution is -2.50. The van der Waals surface area contributed by atoms with Crippen LogP contribution in [0.2, 0.25) is 5.02 Å². The largest absolute Gasteiger partial charge is 0.392 e. The van der Waals surface area contributed by atoms with E-state index in [2.05, 4.69) is 4.90 Å². The zero-order chi connectivity index (χ0) is 15.4. The van der Waals surface area contributed by atoms with E-state index in [-0.39, 0.29) is 17.6 Å². The van der Waals surface area contributed by atoms with Crippen molar-refractivity contribution < 1.29 is 14.3 Å². The summed E-state index contributed by atoms with van der Waals surface area (Å²) in [6, 6.07) is 4.01. The van der Waals surface area contributed by atoms with Crippen molar-refractivity contribution in [2.45, 2.75) is 19.4 Å². The van der Waals surface area contributed by atoms with Crippen LogP contribution in [0.15, 0.2) is 18.2 Å². The SMILES string of the molecule is CC[C@H](O)CN1CCN(C(=O)c2cc(Cl)ccc2F)CC1. The number of β-amino-alcohol motifs (C(OH)–C–C–N with tert-alkyl or cyclic N) is 1. The number of amides is 1. The predicted octanol–water partition coefficient (Wildman–Crippen LogP) is 2.01. The first-order chi connectivity index (χ1) is 10.0. The van der Waals surface area contributed by atoms with Crippen molar-refractivity contribution in [1.82, 2.24) is 9.80 Å². The van der Waals surface area contributed by atoms with E-state index in [9.17, 15) is 14.3 Å². The number of benzene rings is 1. The standard InChI is InChI=1S/C15H20ClFN2O2/c1-2-12(20)10-18-5-7-19(8-6-18)15(21)13-9-11(16)3-4-14(13)17/h3-4,9,12,20H,2,5-8,10H2,1H3/t12-/m0/s1. The number of carbonyl (C=O) groups is 1. The van der Waals surface area contributed by atoms with Crippen molar-refractivity contribution in [3.8, 4) is 0 Å². The van der Waals surface area contributed by atoms with E-state index in [1.54, 1.807) is 4.90 Å². The number of aliphatic hydroxyl groups is 1. The molecule has 1 aromatic carbocycles. The highest BCUT2D eigenvalue weighted by Gasteiger charge is 2.24. The van der Waals surface area contributed by atoms with E-state index < -0.39 is 5.82 Å². The van der Waals surface area contributed by atoms with Gasteiger partial charge in [-0.1, -0.05) is 18.5 Å². The molecule has 1 aliphatic rings. The average molecular weight is 315 g/mol. The van der Waals surface area contributed by atoms with Crippen LogP contribution in [-0.4, -0.2) is 59.6 Å². The van der Waals surface area contributed by atoms with Crippen molar-refractivity contribution in [2.75, 3.05) is 32.7 Å². The fraction of sp³-hybridized carbons (Fsp3) is 0.533. The normalized spacial score (nSPS) is 17.8. The first-order valence-electron chi connectivity index (χ1n) is 7.16. The number of aliphatic hydroxyl groups excluding tert-OH is 1. The molecule has 1 aliphatic heterocycles. The van der Waals surface area contributed by atoms with E-state index in [1.165, 1.54) is 18.2 Å². The van der Waals surface area contributed by atoms with Crippen molar-refractivity contribution in [1.29, 1.82) is 0 Å². The molecule has 1 fully saturated rings. The minimum absolute atomic E-state index is 0.0181. The van der Waals surface area contributed by atoms with Crippen molar-refractivity contribution in [3.63, 3.8) is 0 Å². The summed E-state index contributed by atoms with van der Waals surface area (Å²) < 4.78 is 13.7. The molecule has 0 bridgehead atoms. The molecule has 0 aliphatic carbocycles.